The van der Waals surface area contributed by atoms with E-state index in [2.05, 4.69) is 5.32 Å². The second-order valence-electron chi connectivity index (χ2n) is 6.11. The Kier molecular flexibility index (Phi) is 5.52. The van der Waals surface area contributed by atoms with Crippen molar-refractivity contribution in [1.82, 2.24) is 0 Å². The lowest BCUT2D eigenvalue weighted by atomic mass is 10.2. The van der Waals surface area contributed by atoms with Crippen molar-refractivity contribution in [2.45, 2.75) is 20.5 Å². The van der Waals surface area contributed by atoms with Crippen molar-refractivity contribution in [2.75, 3.05) is 5.32 Å². The largest absolute Gasteiger partial charge is 0.489 e. The maximum absolute atomic E-state index is 12.5. The fourth-order valence-electron chi connectivity index (χ4n) is 2.53. The Balaban J connectivity index is 1.69. The third kappa shape index (κ3) is 4.51. The first-order valence-corrected chi connectivity index (χ1v) is 9.14. The highest BCUT2D eigenvalue weighted by atomic mass is 32.1. The number of anilines is 1. The number of nitrogens with one attached hydrogen (secondary N) is 1. The van der Waals surface area contributed by atoms with Gasteiger partial charge in [0, 0.05) is 11.6 Å². The summed E-state index contributed by atoms with van der Waals surface area (Å²) in [6.45, 7) is 4.08. The van der Waals surface area contributed by atoms with Crippen LogP contribution in [0.4, 0.5) is 11.4 Å². The predicted molar refractivity (Wildman–Crippen MR) is 106 cm³/mol. The van der Waals surface area contributed by atoms with Gasteiger partial charge in [0.2, 0.25) is 0 Å². The highest BCUT2D eigenvalue weighted by Crippen LogP contribution is 2.27. The summed E-state index contributed by atoms with van der Waals surface area (Å²) in [6, 6.07) is 14.1. The van der Waals surface area contributed by atoms with Gasteiger partial charge in [-0.1, -0.05) is 24.3 Å². The SMILES string of the molecule is Cc1ccc(NC(=O)c2cc(COc3ccccc3C)cs2)c([N+](=O)[O-])c1. The molecule has 6 nitrogen and oxygen atoms in total. The van der Waals surface area contributed by atoms with E-state index in [1.807, 2.05) is 36.6 Å². The quantitative estimate of drug-likeness (QED) is 0.475. The van der Waals surface area contributed by atoms with Crippen LogP contribution in [0, 0.1) is 24.0 Å². The number of carbonyl (C=O) groups is 1. The Morgan fingerprint density at radius 2 is 1.96 bits per heavy atom. The first-order chi connectivity index (χ1) is 12.9. The number of aryl methyl sites for hydroxylation is 2. The second kappa shape index (κ2) is 8.01. The van der Waals surface area contributed by atoms with Crippen molar-refractivity contribution in [2.24, 2.45) is 0 Å². The first kappa shape index (κ1) is 18.6. The molecule has 0 unspecified atom stereocenters. The van der Waals surface area contributed by atoms with Gasteiger partial charge in [-0.3, -0.25) is 14.9 Å². The second-order valence-corrected chi connectivity index (χ2v) is 7.02. The van der Waals surface area contributed by atoms with Crippen molar-refractivity contribution in [3.05, 3.63) is 85.6 Å². The minimum absolute atomic E-state index is 0.122. The molecule has 27 heavy (non-hydrogen) atoms. The molecule has 1 heterocycles. The Bertz CT molecular complexity index is 997. The molecule has 3 rings (SSSR count). The Morgan fingerprint density at radius 1 is 1.19 bits per heavy atom. The molecule has 0 aliphatic carbocycles. The Hall–Kier alpha value is -3.19. The van der Waals surface area contributed by atoms with Crippen molar-refractivity contribution in [1.29, 1.82) is 0 Å². The maximum atomic E-state index is 12.5. The molecule has 1 N–H and O–H groups in total. The number of nitro groups is 1. The summed E-state index contributed by atoms with van der Waals surface area (Å²) in [5.41, 5.74) is 2.72. The Labute approximate surface area is 160 Å². The van der Waals surface area contributed by atoms with E-state index in [1.54, 1.807) is 25.1 Å². The van der Waals surface area contributed by atoms with Crippen molar-refractivity contribution in [3.63, 3.8) is 0 Å². The molecule has 0 aliphatic rings. The van der Waals surface area contributed by atoms with Crippen LogP contribution in [0.15, 0.2) is 53.9 Å². The van der Waals surface area contributed by atoms with Crippen LogP contribution in [0.3, 0.4) is 0 Å². The van der Waals surface area contributed by atoms with Crippen LogP contribution in [0.25, 0.3) is 0 Å². The number of benzene rings is 2. The van der Waals surface area contributed by atoms with Crippen LogP contribution < -0.4 is 10.1 Å². The number of nitrogens with zero attached hydrogens (tertiary/aromatic N) is 1. The molecule has 0 fully saturated rings. The fraction of sp³-hybridized carbons (Fsp3) is 0.150. The maximum Gasteiger partial charge on any atom is 0.293 e. The lowest BCUT2D eigenvalue weighted by Crippen LogP contribution is -2.11. The van der Waals surface area contributed by atoms with Crippen LogP contribution in [-0.2, 0) is 6.61 Å². The summed E-state index contributed by atoms with van der Waals surface area (Å²) < 4.78 is 5.78. The van der Waals surface area contributed by atoms with Crippen LogP contribution in [0.1, 0.15) is 26.4 Å². The van der Waals surface area contributed by atoms with Crippen LogP contribution in [0.2, 0.25) is 0 Å². The lowest BCUT2D eigenvalue weighted by Gasteiger charge is -2.07. The molecule has 3 aromatic rings. The zero-order chi connectivity index (χ0) is 19.4. The normalized spacial score (nSPS) is 10.4. The van der Waals surface area contributed by atoms with E-state index in [9.17, 15) is 14.9 Å². The number of hydrogen-bond acceptors (Lipinski definition) is 5. The van der Waals surface area contributed by atoms with Gasteiger partial charge < -0.3 is 10.1 Å². The van der Waals surface area contributed by atoms with E-state index >= 15 is 0 Å². The standard InChI is InChI=1S/C20H18N2O4S/c1-13-7-8-16(17(9-13)22(24)25)21-20(23)19-10-15(12-27-19)11-26-18-6-4-3-5-14(18)2/h3-10,12H,11H2,1-2H3,(H,21,23). The summed E-state index contributed by atoms with van der Waals surface area (Å²) in [5, 5.41) is 15.6. The number of nitro benzene ring substituents is 1. The van der Waals surface area contributed by atoms with Gasteiger partial charge in [0.25, 0.3) is 11.6 Å². The number of para-hydroxylation sites is 1. The number of carbonyl (C=O) groups excluding carboxylic acids is 1. The molecule has 2 aromatic carbocycles. The monoisotopic (exact) mass is 382 g/mol. The molecule has 0 aliphatic heterocycles. The van der Waals surface area contributed by atoms with Gasteiger partial charge in [0.05, 0.1) is 9.80 Å². The number of ether oxygens (including phenoxy) is 1. The smallest absolute Gasteiger partial charge is 0.293 e. The zero-order valence-electron chi connectivity index (χ0n) is 14.9. The first-order valence-electron chi connectivity index (χ1n) is 8.26. The third-order valence-corrected chi connectivity index (χ3v) is 4.94. The molecule has 0 atom stereocenters. The minimum Gasteiger partial charge on any atom is -0.489 e. The Morgan fingerprint density at radius 3 is 2.70 bits per heavy atom. The van der Waals surface area contributed by atoms with Crippen LogP contribution in [0.5, 0.6) is 5.75 Å². The highest BCUT2D eigenvalue weighted by molar-refractivity contribution is 7.12. The molecule has 0 spiro atoms. The average molecular weight is 382 g/mol. The number of amides is 1. The summed E-state index contributed by atoms with van der Waals surface area (Å²) in [6.07, 6.45) is 0. The molecule has 0 radical (unpaired) electrons. The van der Waals surface area contributed by atoms with Gasteiger partial charge in [-0.05, 0) is 48.6 Å². The fourth-order valence-corrected chi connectivity index (χ4v) is 3.32. The molecular formula is C20H18N2O4S. The number of rotatable bonds is 6. The van der Waals surface area contributed by atoms with Crippen molar-refractivity contribution in [3.8, 4) is 5.75 Å². The van der Waals surface area contributed by atoms with E-state index < -0.39 is 4.92 Å². The van der Waals surface area contributed by atoms with E-state index in [-0.39, 0.29) is 17.3 Å². The molecule has 0 saturated heterocycles. The molecule has 1 amide bonds. The van der Waals surface area contributed by atoms with Gasteiger partial charge in [-0.15, -0.1) is 11.3 Å². The van der Waals surface area contributed by atoms with Gasteiger partial charge in [0.1, 0.15) is 18.0 Å². The highest BCUT2D eigenvalue weighted by Gasteiger charge is 2.18. The molecule has 7 heteroatoms. The molecule has 0 bridgehead atoms. The van der Waals surface area contributed by atoms with Crippen LogP contribution >= 0.6 is 11.3 Å². The summed E-state index contributed by atoms with van der Waals surface area (Å²) >= 11 is 1.27. The summed E-state index contributed by atoms with van der Waals surface area (Å²) in [5.74, 6) is 0.416. The zero-order valence-corrected chi connectivity index (χ0v) is 15.7. The van der Waals surface area contributed by atoms with Crippen molar-refractivity contribution < 1.29 is 14.5 Å². The lowest BCUT2D eigenvalue weighted by molar-refractivity contribution is -0.384. The van der Waals surface area contributed by atoms with E-state index in [1.165, 1.54) is 17.4 Å². The van der Waals surface area contributed by atoms with E-state index in [0.717, 1.165) is 22.4 Å². The molecule has 0 saturated carbocycles. The average Bonchev–Trinajstić information content (AvgIpc) is 3.11. The third-order valence-electron chi connectivity index (χ3n) is 3.96. The predicted octanol–water partition coefficient (Wildman–Crippen LogP) is 5.10. The summed E-state index contributed by atoms with van der Waals surface area (Å²) in [4.78, 5) is 23.6. The molecule has 1 aromatic heterocycles. The number of hydrogen-bond donors (Lipinski definition) is 1. The summed E-state index contributed by atoms with van der Waals surface area (Å²) in [7, 11) is 0. The van der Waals surface area contributed by atoms with Gasteiger partial charge in [-0.2, -0.15) is 0 Å². The minimum atomic E-state index is -0.501. The van der Waals surface area contributed by atoms with E-state index in [0.29, 0.717) is 11.5 Å². The molecular weight excluding hydrogens is 364 g/mol. The van der Waals surface area contributed by atoms with E-state index in [4.69, 9.17) is 4.74 Å². The topological polar surface area (TPSA) is 81.5 Å². The van der Waals surface area contributed by atoms with Crippen LogP contribution in [-0.4, -0.2) is 10.8 Å². The van der Waals surface area contributed by atoms with Gasteiger partial charge >= 0.3 is 0 Å². The van der Waals surface area contributed by atoms with Gasteiger partial charge in [-0.25, -0.2) is 0 Å². The molecule has 138 valence electrons. The van der Waals surface area contributed by atoms with Crippen molar-refractivity contribution >= 4 is 28.6 Å². The number of thiophene rings is 1. The van der Waals surface area contributed by atoms with Gasteiger partial charge in [0.15, 0.2) is 0 Å².